The summed E-state index contributed by atoms with van der Waals surface area (Å²) >= 11 is 0. The lowest BCUT2D eigenvalue weighted by molar-refractivity contribution is -0.127. The molecule has 2 atom stereocenters. The van der Waals surface area contributed by atoms with Gasteiger partial charge < -0.3 is 10.2 Å². The Kier molecular flexibility index (Phi) is 7.10. The van der Waals surface area contributed by atoms with Gasteiger partial charge in [0.15, 0.2) is 0 Å². The summed E-state index contributed by atoms with van der Waals surface area (Å²) in [4.78, 5) is 17.1. The van der Waals surface area contributed by atoms with Crippen molar-refractivity contribution in [2.45, 2.75) is 52.1 Å². The minimum Gasteiger partial charge on any atom is -0.377 e. The van der Waals surface area contributed by atoms with E-state index in [-0.39, 0.29) is 17.9 Å². The van der Waals surface area contributed by atoms with E-state index in [9.17, 15) is 4.79 Å². The van der Waals surface area contributed by atoms with Crippen molar-refractivity contribution in [1.82, 2.24) is 10.2 Å². The molecular formula is C20H33N3O. The van der Waals surface area contributed by atoms with Gasteiger partial charge >= 0.3 is 0 Å². The van der Waals surface area contributed by atoms with Gasteiger partial charge in [0, 0.05) is 38.9 Å². The molecule has 0 bridgehead atoms. The first-order valence-corrected chi connectivity index (χ1v) is 9.29. The zero-order chi connectivity index (χ0) is 17.5. The molecule has 2 rings (SSSR count). The molecule has 1 heterocycles. The van der Waals surface area contributed by atoms with Crippen LogP contribution in [0.15, 0.2) is 24.3 Å². The van der Waals surface area contributed by atoms with Gasteiger partial charge in [-0.15, -0.1) is 0 Å². The zero-order valence-corrected chi connectivity index (χ0v) is 15.7. The van der Waals surface area contributed by atoms with Crippen LogP contribution in [0.2, 0.25) is 0 Å². The van der Waals surface area contributed by atoms with E-state index < -0.39 is 0 Å². The minimum absolute atomic E-state index is 0.129. The number of benzene rings is 1. The molecule has 1 saturated heterocycles. The lowest BCUT2D eigenvalue weighted by Gasteiger charge is -2.33. The Hall–Kier alpha value is -1.55. The molecule has 1 fully saturated rings. The highest BCUT2D eigenvalue weighted by Gasteiger charge is 2.26. The maximum absolute atomic E-state index is 12.5. The monoisotopic (exact) mass is 331 g/mol. The molecule has 1 aliphatic heterocycles. The predicted molar refractivity (Wildman–Crippen MR) is 101 cm³/mol. The number of carbonyl (C=O) groups is 1. The van der Waals surface area contributed by atoms with E-state index in [1.807, 2.05) is 0 Å². The molecule has 0 spiro atoms. The largest absolute Gasteiger partial charge is 0.377 e. The number of carbonyl (C=O) groups excluding carboxylic acids is 1. The first kappa shape index (κ1) is 18.8. The maximum Gasteiger partial charge on any atom is 0.224 e. The number of nitrogens with one attached hydrogen (secondary N) is 1. The Balaban J connectivity index is 1.95. The molecule has 1 aromatic rings. The van der Waals surface area contributed by atoms with Gasteiger partial charge in [0.05, 0.1) is 5.92 Å². The Morgan fingerprint density at radius 1 is 1.38 bits per heavy atom. The summed E-state index contributed by atoms with van der Waals surface area (Å²) in [5.41, 5.74) is 2.60. The molecule has 0 saturated carbocycles. The second-order valence-electron chi connectivity index (χ2n) is 7.30. The molecule has 0 aromatic heterocycles. The highest BCUT2D eigenvalue weighted by molar-refractivity contribution is 5.79. The number of likely N-dealkylation sites (tertiary alicyclic amines) is 1. The van der Waals surface area contributed by atoms with Crippen molar-refractivity contribution in [3.8, 4) is 0 Å². The van der Waals surface area contributed by atoms with E-state index in [1.165, 1.54) is 11.3 Å². The van der Waals surface area contributed by atoms with Crippen molar-refractivity contribution >= 4 is 11.6 Å². The van der Waals surface area contributed by atoms with Gasteiger partial charge in [0.2, 0.25) is 5.91 Å². The zero-order valence-electron chi connectivity index (χ0n) is 15.7. The summed E-state index contributed by atoms with van der Waals surface area (Å²) in [6, 6.07) is 8.83. The Bertz CT molecular complexity index is 529. The fraction of sp³-hybridized carbons (Fsp3) is 0.650. The summed E-state index contributed by atoms with van der Waals surface area (Å²) < 4.78 is 0. The molecule has 134 valence electrons. The van der Waals surface area contributed by atoms with Crippen molar-refractivity contribution in [2.24, 2.45) is 5.92 Å². The summed E-state index contributed by atoms with van der Waals surface area (Å²) in [6.07, 6.45) is 4.28. The van der Waals surface area contributed by atoms with E-state index >= 15 is 0 Å². The molecule has 1 aromatic carbocycles. The number of hydrogen-bond donors (Lipinski definition) is 1. The number of anilines is 1. The molecular weight excluding hydrogens is 298 g/mol. The second-order valence-corrected chi connectivity index (χ2v) is 7.30. The maximum atomic E-state index is 12.5. The number of nitrogens with zero attached hydrogens (tertiary/aromatic N) is 2. The van der Waals surface area contributed by atoms with Gasteiger partial charge in [-0.1, -0.05) is 31.5 Å². The van der Waals surface area contributed by atoms with E-state index in [2.05, 4.69) is 67.3 Å². The number of amides is 1. The van der Waals surface area contributed by atoms with Crippen LogP contribution in [0.5, 0.6) is 0 Å². The van der Waals surface area contributed by atoms with Crippen molar-refractivity contribution < 1.29 is 4.79 Å². The molecule has 24 heavy (non-hydrogen) atoms. The summed E-state index contributed by atoms with van der Waals surface area (Å²) in [5, 5.41) is 3.19. The molecule has 2 unspecified atom stereocenters. The SMILES string of the molecule is CCCC(C)NC(=O)C1CCCN(Cc2ccccc2N(C)C)C1. The van der Waals surface area contributed by atoms with Gasteiger partial charge in [0.1, 0.15) is 0 Å². The van der Waals surface area contributed by atoms with Crippen LogP contribution >= 0.6 is 0 Å². The van der Waals surface area contributed by atoms with Gasteiger partial charge in [-0.25, -0.2) is 0 Å². The average molecular weight is 332 g/mol. The third kappa shape index (κ3) is 5.23. The van der Waals surface area contributed by atoms with Gasteiger partial charge in [-0.05, 0) is 44.4 Å². The highest BCUT2D eigenvalue weighted by Crippen LogP contribution is 2.23. The van der Waals surface area contributed by atoms with Crippen LogP contribution in [-0.2, 0) is 11.3 Å². The third-order valence-electron chi connectivity index (χ3n) is 4.85. The van der Waals surface area contributed by atoms with E-state index in [0.717, 1.165) is 45.3 Å². The third-order valence-corrected chi connectivity index (χ3v) is 4.85. The Morgan fingerprint density at radius 2 is 2.12 bits per heavy atom. The fourth-order valence-electron chi connectivity index (χ4n) is 3.60. The van der Waals surface area contributed by atoms with Crippen molar-refractivity contribution in [1.29, 1.82) is 0 Å². The molecule has 1 N–H and O–H groups in total. The molecule has 1 amide bonds. The first-order valence-electron chi connectivity index (χ1n) is 9.29. The number of para-hydroxylation sites is 1. The van der Waals surface area contributed by atoms with Crippen molar-refractivity contribution in [2.75, 3.05) is 32.1 Å². The van der Waals surface area contributed by atoms with E-state index in [4.69, 9.17) is 0 Å². The van der Waals surface area contributed by atoms with Gasteiger partial charge in [-0.2, -0.15) is 0 Å². The van der Waals surface area contributed by atoms with Crippen LogP contribution in [0, 0.1) is 5.92 Å². The van der Waals surface area contributed by atoms with E-state index in [0.29, 0.717) is 0 Å². The predicted octanol–water partition coefficient (Wildman–Crippen LogP) is 3.27. The van der Waals surface area contributed by atoms with E-state index in [1.54, 1.807) is 0 Å². The average Bonchev–Trinajstić information content (AvgIpc) is 2.55. The van der Waals surface area contributed by atoms with Crippen molar-refractivity contribution in [3.63, 3.8) is 0 Å². The minimum atomic E-state index is 0.129. The van der Waals surface area contributed by atoms with Crippen molar-refractivity contribution in [3.05, 3.63) is 29.8 Å². The lowest BCUT2D eigenvalue weighted by atomic mass is 9.96. The molecule has 4 nitrogen and oxygen atoms in total. The number of piperidine rings is 1. The normalized spacial score (nSPS) is 19.8. The Morgan fingerprint density at radius 3 is 2.83 bits per heavy atom. The fourth-order valence-corrected chi connectivity index (χ4v) is 3.60. The van der Waals surface area contributed by atoms with Crippen LogP contribution in [0.25, 0.3) is 0 Å². The quantitative estimate of drug-likeness (QED) is 0.833. The second kappa shape index (κ2) is 9.07. The molecule has 4 heteroatoms. The standard InChI is InChI=1S/C20H33N3O/c1-5-9-16(2)21-20(24)18-11-8-13-23(15-18)14-17-10-6-7-12-19(17)22(3)4/h6-7,10,12,16,18H,5,8-9,11,13-15H2,1-4H3,(H,21,24). The highest BCUT2D eigenvalue weighted by atomic mass is 16.2. The van der Waals surface area contributed by atoms with Crippen LogP contribution in [-0.4, -0.2) is 44.0 Å². The van der Waals surface area contributed by atoms with Gasteiger partial charge in [0.25, 0.3) is 0 Å². The summed E-state index contributed by atoms with van der Waals surface area (Å²) in [6.45, 7) is 7.13. The number of rotatable bonds is 7. The molecule has 1 aliphatic rings. The molecule has 0 radical (unpaired) electrons. The topological polar surface area (TPSA) is 35.6 Å². The van der Waals surface area contributed by atoms with Crippen LogP contribution in [0.3, 0.4) is 0 Å². The summed E-state index contributed by atoms with van der Waals surface area (Å²) in [7, 11) is 4.17. The number of hydrogen-bond acceptors (Lipinski definition) is 3. The Labute approximate surface area is 147 Å². The van der Waals surface area contributed by atoms with Gasteiger partial charge in [-0.3, -0.25) is 9.69 Å². The first-order chi connectivity index (χ1) is 11.5. The smallest absolute Gasteiger partial charge is 0.224 e. The van der Waals surface area contributed by atoms with Crippen LogP contribution < -0.4 is 10.2 Å². The lowest BCUT2D eigenvalue weighted by Crippen LogP contribution is -2.45. The van der Waals surface area contributed by atoms with Crippen LogP contribution in [0.4, 0.5) is 5.69 Å². The molecule has 0 aliphatic carbocycles. The summed E-state index contributed by atoms with van der Waals surface area (Å²) in [5.74, 6) is 0.367. The van der Waals surface area contributed by atoms with Crippen LogP contribution in [0.1, 0.15) is 45.1 Å².